The topological polar surface area (TPSA) is 90.7 Å². The normalized spacial score (nSPS) is 10.1. The van der Waals surface area contributed by atoms with Crippen molar-refractivity contribution in [3.05, 3.63) is 51.1 Å². The van der Waals surface area contributed by atoms with E-state index in [1.807, 2.05) is 19.1 Å². The van der Waals surface area contributed by atoms with Crippen molar-refractivity contribution in [2.45, 2.75) is 6.92 Å². The third-order valence-corrected chi connectivity index (χ3v) is 4.66. The Morgan fingerprint density at radius 1 is 1.21 bits per heavy atom. The first-order chi connectivity index (χ1) is 11.4. The summed E-state index contributed by atoms with van der Waals surface area (Å²) in [6.07, 6.45) is 0. The summed E-state index contributed by atoms with van der Waals surface area (Å²) >= 11 is 2.14. The maximum Gasteiger partial charge on any atom is 0.256 e. The zero-order valence-electron chi connectivity index (χ0n) is 13.3. The van der Waals surface area contributed by atoms with Crippen molar-refractivity contribution in [1.29, 1.82) is 0 Å². The molecule has 0 atom stereocenters. The van der Waals surface area contributed by atoms with Crippen molar-refractivity contribution in [3.8, 4) is 11.5 Å². The minimum atomic E-state index is -0.596. The van der Waals surface area contributed by atoms with Crippen LogP contribution in [0.3, 0.4) is 0 Å². The number of hydrogen-bond acceptors (Lipinski definition) is 4. The van der Waals surface area contributed by atoms with E-state index in [-0.39, 0.29) is 12.5 Å². The first kappa shape index (κ1) is 18.1. The fourth-order valence-electron chi connectivity index (χ4n) is 2.04. The van der Waals surface area contributed by atoms with Gasteiger partial charge in [0.1, 0.15) is 0 Å². The Bertz CT molecular complexity index is 777. The SMILES string of the molecule is COc1ccc(NC(=O)c2cccc(C)c2I)cc1OCC(N)=O. The van der Waals surface area contributed by atoms with Crippen LogP contribution >= 0.6 is 22.6 Å². The van der Waals surface area contributed by atoms with E-state index in [1.165, 1.54) is 7.11 Å². The average molecular weight is 440 g/mol. The number of aryl methyl sites for hydroxylation is 1. The van der Waals surface area contributed by atoms with Gasteiger partial charge in [0.05, 0.1) is 12.7 Å². The van der Waals surface area contributed by atoms with Crippen LogP contribution in [0.2, 0.25) is 0 Å². The van der Waals surface area contributed by atoms with Gasteiger partial charge in [0.25, 0.3) is 11.8 Å². The summed E-state index contributed by atoms with van der Waals surface area (Å²) in [7, 11) is 1.49. The summed E-state index contributed by atoms with van der Waals surface area (Å²) in [6.45, 7) is 1.67. The van der Waals surface area contributed by atoms with Crippen LogP contribution in [0, 0.1) is 10.5 Å². The van der Waals surface area contributed by atoms with E-state index in [9.17, 15) is 9.59 Å². The highest BCUT2D eigenvalue weighted by Gasteiger charge is 2.13. The van der Waals surface area contributed by atoms with Crippen molar-refractivity contribution in [1.82, 2.24) is 0 Å². The number of benzene rings is 2. The lowest BCUT2D eigenvalue weighted by Gasteiger charge is -2.13. The fourth-order valence-corrected chi connectivity index (χ4v) is 2.64. The number of hydrogen-bond donors (Lipinski definition) is 2. The van der Waals surface area contributed by atoms with Crippen molar-refractivity contribution >= 4 is 40.1 Å². The van der Waals surface area contributed by atoms with Crippen LogP contribution in [-0.2, 0) is 4.79 Å². The van der Waals surface area contributed by atoms with Gasteiger partial charge in [-0.2, -0.15) is 0 Å². The molecule has 6 nitrogen and oxygen atoms in total. The molecule has 24 heavy (non-hydrogen) atoms. The number of halogens is 1. The molecule has 0 heterocycles. The number of anilines is 1. The van der Waals surface area contributed by atoms with E-state index in [1.54, 1.807) is 24.3 Å². The number of carbonyl (C=O) groups excluding carboxylic acids is 2. The smallest absolute Gasteiger partial charge is 0.256 e. The second-order valence-corrected chi connectivity index (χ2v) is 6.09. The number of primary amides is 1. The first-order valence-electron chi connectivity index (χ1n) is 7.08. The third kappa shape index (κ3) is 4.38. The van der Waals surface area contributed by atoms with Crippen LogP contribution in [0.25, 0.3) is 0 Å². The number of rotatable bonds is 6. The number of carbonyl (C=O) groups is 2. The van der Waals surface area contributed by atoms with Crippen LogP contribution < -0.4 is 20.5 Å². The molecule has 2 aromatic rings. The molecule has 0 aromatic heterocycles. The van der Waals surface area contributed by atoms with E-state index < -0.39 is 5.91 Å². The molecule has 0 spiro atoms. The zero-order chi connectivity index (χ0) is 17.7. The standard InChI is InChI=1S/C17H17IN2O4/c1-10-4-3-5-12(16(10)18)17(22)20-11-6-7-13(23-2)14(8-11)24-9-15(19)21/h3-8H,9H2,1-2H3,(H2,19,21)(H,20,22). The second-order valence-electron chi connectivity index (χ2n) is 5.01. The summed E-state index contributed by atoms with van der Waals surface area (Å²) in [5.41, 5.74) is 7.23. The third-order valence-electron chi connectivity index (χ3n) is 3.23. The average Bonchev–Trinajstić information content (AvgIpc) is 2.55. The molecule has 2 rings (SSSR count). The highest BCUT2D eigenvalue weighted by atomic mass is 127. The van der Waals surface area contributed by atoms with Crippen LogP contribution in [0.4, 0.5) is 5.69 Å². The first-order valence-corrected chi connectivity index (χ1v) is 8.16. The summed E-state index contributed by atoms with van der Waals surface area (Å²) in [6, 6.07) is 10.5. The summed E-state index contributed by atoms with van der Waals surface area (Å²) in [4.78, 5) is 23.3. The molecule has 7 heteroatoms. The molecule has 126 valence electrons. The van der Waals surface area contributed by atoms with E-state index in [0.29, 0.717) is 22.7 Å². The van der Waals surface area contributed by atoms with Gasteiger partial charge in [0, 0.05) is 15.3 Å². The van der Waals surface area contributed by atoms with E-state index in [4.69, 9.17) is 15.2 Å². The molecule has 0 fully saturated rings. The second kappa shape index (κ2) is 8.00. The number of ether oxygens (including phenoxy) is 2. The molecule has 0 unspecified atom stereocenters. The molecule has 3 N–H and O–H groups in total. The fraction of sp³-hybridized carbons (Fsp3) is 0.176. The van der Waals surface area contributed by atoms with Crippen molar-refractivity contribution in [3.63, 3.8) is 0 Å². The van der Waals surface area contributed by atoms with Gasteiger partial charge in [-0.25, -0.2) is 0 Å². The zero-order valence-corrected chi connectivity index (χ0v) is 15.4. The summed E-state index contributed by atoms with van der Waals surface area (Å²) in [5, 5.41) is 2.81. The molecule has 2 amide bonds. The lowest BCUT2D eigenvalue weighted by Crippen LogP contribution is -2.20. The number of methoxy groups -OCH3 is 1. The minimum absolute atomic E-state index is 0.228. The van der Waals surface area contributed by atoms with Crippen molar-refractivity contribution in [2.24, 2.45) is 5.73 Å². The van der Waals surface area contributed by atoms with Gasteiger partial charge >= 0.3 is 0 Å². The van der Waals surface area contributed by atoms with E-state index in [2.05, 4.69) is 27.9 Å². The van der Waals surface area contributed by atoms with Crippen LogP contribution in [0.1, 0.15) is 15.9 Å². The van der Waals surface area contributed by atoms with Gasteiger partial charge in [0.2, 0.25) is 0 Å². The van der Waals surface area contributed by atoms with Gasteiger partial charge < -0.3 is 20.5 Å². The molecule has 0 radical (unpaired) electrons. The molecular formula is C17H17IN2O4. The van der Waals surface area contributed by atoms with E-state index in [0.717, 1.165) is 9.13 Å². The molecule has 0 aliphatic carbocycles. The maximum absolute atomic E-state index is 12.5. The molecule has 0 bridgehead atoms. The Balaban J connectivity index is 2.22. The predicted octanol–water partition coefficient (Wildman–Crippen LogP) is 2.72. The van der Waals surface area contributed by atoms with Gasteiger partial charge in [-0.3, -0.25) is 9.59 Å². The van der Waals surface area contributed by atoms with Crippen molar-refractivity contribution in [2.75, 3.05) is 19.0 Å². The Labute approximate surface area is 153 Å². The predicted molar refractivity (Wildman–Crippen MR) is 99.5 cm³/mol. The maximum atomic E-state index is 12.5. The highest BCUT2D eigenvalue weighted by molar-refractivity contribution is 14.1. The largest absolute Gasteiger partial charge is 0.493 e. The quantitative estimate of drug-likeness (QED) is 0.677. The van der Waals surface area contributed by atoms with Gasteiger partial charge in [-0.1, -0.05) is 12.1 Å². The summed E-state index contributed by atoms with van der Waals surface area (Å²) < 4.78 is 11.4. The Morgan fingerprint density at radius 3 is 2.62 bits per heavy atom. The Morgan fingerprint density at radius 2 is 1.96 bits per heavy atom. The minimum Gasteiger partial charge on any atom is -0.493 e. The molecule has 0 aliphatic heterocycles. The molecule has 2 aromatic carbocycles. The summed E-state index contributed by atoms with van der Waals surface area (Å²) in [5.74, 6) is -0.0534. The van der Waals surface area contributed by atoms with Gasteiger partial charge in [-0.15, -0.1) is 0 Å². The molecule has 0 aliphatic rings. The molecule has 0 saturated heterocycles. The lowest BCUT2D eigenvalue weighted by atomic mass is 10.1. The van der Waals surface area contributed by atoms with Crippen LogP contribution in [-0.4, -0.2) is 25.5 Å². The van der Waals surface area contributed by atoms with E-state index >= 15 is 0 Å². The Kier molecular flexibility index (Phi) is 6.02. The van der Waals surface area contributed by atoms with Crippen LogP contribution in [0.5, 0.6) is 11.5 Å². The van der Waals surface area contributed by atoms with Crippen molar-refractivity contribution < 1.29 is 19.1 Å². The monoisotopic (exact) mass is 440 g/mol. The highest BCUT2D eigenvalue weighted by Crippen LogP contribution is 2.30. The Hall–Kier alpha value is -2.29. The number of nitrogens with two attached hydrogens (primary N) is 1. The number of amides is 2. The van der Waals surface area contributed by atoms with Crippen LogP contribution in [0.15, 0.2) is 36.4 Å². The molecular weight excluding hydrogens is 423 g/mol. The number of nitrogens with one attached hydrogen (secondary N) is 1. The molecule has 0 saturated carbocycles. The van der Waals surface area contributed by atoms with Gasteiger partial charge in [0.15, 0.2) is 18.1 Å². The lowest BCUT2D eigenvalue weighted by molar-refractivity contribution is -0.119. The van der Waals surface area contributed by atoms with Gasteiger partial charge in [-0.05, 0) is 53.3 Å².